The van der Waals surface area contributed by atoms with Crippen molar-refractivity contribution >= 4 is 0 Å². The van der Waals surface area contributed by atoms with Gasteiger partial charge in [0.1, 0.15) is 0 Å². The number of nitrogens with one attached hydrogen (secondary N) is 2. The fraction of sp³-hybridized carbons (Fsp3) is 1.00. The molecular formula is C13H29N3. The zero-order valence-corrected chi connectivity index (χ0v) is 11.4. The van der Waals surface area contributed by atoms with Gasteiger partial charge in [0.2, 0.25) is 0 Å². The highest BCUT2D eigenvalue weighted by molar-refractivity contribution is 4.80. The van der Waals surface area contributed by atoms with Crippen molar-refractivity contribution < 1.29 is 0 Å². The Hall–Kier alpha value is -0.120. The van der Waals surface area contributed by atoms with E-state index in [-0.39, 0.29) is 0 Å². The van der Waals surface area contributed by atoms with E-state index in [2.05, 4.69) is 43.5 Å². The maximum atomic E-state index is 3.84. The lowest BCUT2D eigenvalue weighted by atomic mass is 10.00. The average molecular weight is 227 g/mol. The third-order valence-electron chi connectivity index (χ3n) is 3.15. The molecule has 0 aliphatic carbocycles. The Morgan fingerprint density at radius 1 is 1.25 bits per heavy atom. The molecule has 96 valence electrons. The first kappa shape index (κ1) is 13.9. The topological polar surface area (TPSA) is 27.3 Å². The van der Waals surface area contributed by atoms with Crippen LogP contribution in [0.1, 0.15) is 33.1 Å². The first-order chi connectivity index (χ1) is 7.58. The van der Waals surface area contributed by atoms with E-state index < -0.39 is 0 Å². The van der Waals surface area contributed by atoms with Crippen LogP contribution in [0.3, 0.4) is 0 Å². The van der Waals surface area contributed by atoms with E-state index in [0.29, 0.717) is 6.04 Å². The second-order valence-corrected chi connectivity index (χ2v) is 5.78. The zero-order valence-electron chi connectivity index (χ0n) is 11.4. The van der Waals surface area contributed by atoms with Gasteiger partial charge in [-0.2, -0.15) is 0 Å². The van der Waals surface area contributed by atoms with Crippen LogP contribution < -0.4 is 10.6 Å². The molecule has 1 aliphatic rings. The van der Waals surface area contributed by atoms with Gasteiger partial charge in [0.15, 0.2) is 0 Å². The molecule has 0 amide bonds. The monoisotopic (exact) mass is 227 g/mol. The number of hydrogen-bond donors (Lipinski definition) is 2. The van der Waals surface area contributed by atoms with Crippen LogP contribution in [-0.2, 0) is 0 Å². The van der Waals surface area contributed by atoms with E-state index in [4.69, 9.17) is 0 Å². The molecule has 1 atom stereocenters. The molecule has 2 N–H and O–H groups in total. The van der Waals surface area contributed by atoms with Crippen molar-refractivity contribution in [3.63, 3.8) is 0 Å². The van der Waals surface area contributed by atoms with Crippen LogP contribution in [0.25, 0.3) is 0 Å². The Bertz CT molecular complexity index is 164. The molecule has 0 radical (unpaired) electrons. The van der Waals surface area contributed by atoms with Crippen LogP contribution >= 0.6 is 0 Å². The Balaban J connectivity index is 2.35. The molecule has 16 heavy (non-hydrogen) atoms. The van der Waals surface area contributed by atoms with E-state index >= 15 is 0 Å². The fourth-order valence-corrected chi connectivity index (χ4v) is 2.53. The highest BCUT2D eigenvalue weighted by atomic mass is 15.1. The second kappa shape index (κ2) is 7.25. The third kappa shape index (κ3) is 5.83. The summed E-state index contributed by atoms with van der Waals surface area (Å²) >= 11 is 0. The van der Waals surface area contributed by atoms with Crippen LogP contribution in [0.5, 0.6) is 0 Å². The molecule has 1 fully saturated rings. The first-order valence-corrected chi connectivity index (χ1v) is 6.69. The molecule has 3 nitrogen and oxygen atoms in total. The van der Waals surface area contributed by atoms with Crippen molar-refractivity contribution in [2.75, 3.05) is 33.7 Å². The Morgan fingerprint density at radius 3 is 2.38 bits per heavy atom. The van der Waals surface area contributed by atoms with Crippen molar-refractivity contribution in [3.05, 3.63) is 0 Å². The van der Waals surface area contributed by atoms with Gasteiger partial charge in [0, 0.05) is 18.6 Å². The minimum atomic E-state index is 0.651. The number of nitrogens with zero attached hydrogens (tertiary/aromatic N) is 1. The van der Waals surface area contributed by atoms with E-state index in [1.165, 1.54) is 32.4 Å². The van der Waals surface area contributed by atoms with Crippen LogP contribution in [0.4, 0.5) is 0 Å². The lowest BCUT2D eigenvalue weighted by Crippen LogP contribution is -2.48. The summed E-state index contributed by atoms with van der Waals surface area (Å²) < 4.78 is 0. The van der Waals surface area contributed by atoms with Gasteiger partial charge >= 0.3 is 0 Å². The Morgan fingerprint density at radius 2 is 1.88 bits per heavy atom. The lowest BCUT2D eigenvalue weighted by molar-refractivity contribution is 0.265. The van der Waals surface area contributed by atoms with Gasteiger partial charge in [-0.1, -0.05) is 13.8 Å². The van der Waals surface area contributed by atoms with E-state index in [1.54, 1.807) is 0 Å². The van der Waals surface area contributed by atoms with Gasteiger partial charge in [-0.25, -0.2) is 0 Å². The summed E-state index contributed by atoms with van der Waals surface area (Å²) in [4.78, 5) is 2.29. The summed E-state index contributed by atoms with van der Waals surface area (Å²) in [5.74, 6) is 0.777. The van der Waals surface area contributed by atoms with Gasteiger partial charge in [-0.15, -0.1) is 0 Å². The average Bonchev–Trinajstić information content (AvgIpc) is 2.16. The van der Waals surface area contributed by atoms with Gasteiger partial charge in [0.25, 0.3) is 0 Å². The lowest BCUT2D eigenvalue weighted by Gasteiger charge is -2.31. The molecule has 1 unspecified atom stereocenters. The van der Waals surface area contributed by atoms with Crippen LogP contribution in [0.2, 0.25) is 0 Å². The predicted octanol–water partition coefficient (Wildman–Crippen LogP) is 1.30. The largest absolute Gasteiger partial charge is 0.317 e. The first-order valence-electron chi connectivity index (χ1n) is 6.69. The van der Waals surface area contributed by atoms with Gasteiger partial charge < -0.3 is 15.5 Å². The highest BCUT2D eigenvalue weighted by Crippen LogP contribution is 2.10. The molecular weight excluding hydrogens is 198 g/mol. The summed E-state index contributed by atoms with van der Waals surface area (Å²) in [6.45, 7) is 8.13. The van der Waals surface area contributed by atoms with Crippen LogP contribution in [0, 0.1) is 5.92 Å². The van der Waals surface area contributed by atoms with Crippen LogP contribution in [0.15, 0.2) is 0 Å². The van der Waals surface area contributed by atoms with Gasteiger partial charge in [-0.3, -0.25) is 0 Å². The normalized spacial score (nSPS) is 20.6. The molecule has 0 saturated carbocycles. The van der Waals surface area contributed by atoms with E-state index in [1.807, 2.05) is 0 Å². The van der Waals surface area contributed by atoms with Crippen molar-refractivity contribution in [2.45, 2.75) is 45.2 Å². The summed E-state index contributed by atoms with van der Waals surface area (Å²) in [5, 5.41) is 7.26. The van der Waals surface area contributed by atoms with Crippen LogP contribution in [-0.4, -0.2) is 50.7 Å². The van der Waals surface area contributed by atoms with Gasteiger partial charge in [-0.05, 0) is 52.4 Å². The molecule has 1 rings (SSSR count). The minimum Gasteiger partial charge on any atom is -0.317 e. The number of hydrogen-bond acceptors (Lipinski definition) is 3. The molecule has 1 aliphatic heterocycles. The second-order valence-electron chi connectivity index (χ2n) is 5.78. The van der Waals surface area contributed by atoms with E-state index in [0.717, 1.165) is 18.5 Å². The molecule has 3 heteroatoms. The maximum Gasteiger partial charge on any atom is 0.0199 e. The van der Waals surface area contributed by atoms with Crippen molar-refractivity contribution in [1.29, 1.82) is 0 Å². The number of rotatable bonds is 6. The summed E-state index contributed by atoms with van der Waals surface area (Å²) in [6, 6.07) is 1.38. The molecule has 1 saturated heterocycles. The van der Waals surface area contributed by atoms with Crippen molar-refractivity contribution in [2.24, 2.45) is 5.92 Å². The maximum absolute atomic E-state index is 3.84. The quantitative estimate of drug-likeness (QED) is 0.716. The SMILES string of the molecule is CC(C)CC(CN(C)C)NC1CCNCC1. The zero-order chi connectivity index (χ0) is 12.0. The highest BCUT2D eigenvalue weighted by Gasteiger charge is 2.18. The summed E-state index contributed by atoms with van der Waals surface area (Å²) in [7, 11) is 4.33. The third-order valence-corrected chi connectivity index (χ3v) is 3.15. The predicted molar refractivity (Wildman–Crippen MR) is 70.8 cm³/mol. The molecule has 0 spiro atoms. The Kier molecular flexibility index (Phi) is 6.32. The van der Waals surface area contributed by atoms with Crippen molar-refractivity contribution in [1.82, 2.24) is 15.5 Å². The molecule has 1 heterocycles. The molecule has 0 bridgehead atoms. The standard InChI is InChI=1S/C13H29N3/c1-11(2)9-13(10-16(3)4)15-12-5-7-14-8-6-12/h11-15H,5-10H2,1-4H3. The molecule has 0 aromatic carbocycles. The van der Waals surface area contributed by atoms with E-state index in [9.17, 15) is 0 Å². The molecule has 0 aromatic rings. The smallest absolute Gasteiger partial charge is 0.0199 e. The van der Waals surface area contributed by atoms with Gasteiger partial charge in [0.05, 0.1) is 0 Å². The molecule has 0 aromatic heterocycles. The number of likely N-dealkylation sites (N-methyl/N-ethyl adjacent to an activating group) is 1. The fourth-order valence-electron chi connectivity index (χ4n) is 2.53. The summed E-state index contributed by atoms with van der Waals surface area (Å²) in [6.07, 6.45) is 3.84. The Labute approximate surface area is 101 Å². The van der Waals surface area contributed by atoms with Crippen molar-refractivity contribution in [3.8, 4) is 0 Å². The number of piperidine rings is 1. The summed E-state index contributed by atoms with van der Waals surface area (Å²) in [5.41, 5.74) is 0. The minimum absolute atomic E-state index is 0.651.